The number of rotatable bonds is 7. The first-order chi connectivity index (χ1) is 14.4. The molecule has 1 amide bonds. The highest BCUT2D eigenvalue weighted by Crippen LogP contribution is 2.31. The number of aromatic nitrogens is 1. The molecule has 0 bridgehead atoms. The molecule has 1 atom stereocenters. The van der Waals surface area contributed by atoms with Crippen LogP contribution in [0.25, 0.3) is 5.69 Å². The van der Waals surface area contributed by atoms with Crippen LogP contribution in [0.2, 0.25) is 10.0 Å². The van der Waals surface area contributed by atoms with Gasteiger partial charge in [-0.1, -0.05) is 59.6 Å². The fourth-order valence-corrected chi connectivity index (χ4v) is 4.30. The van der Waals surface area contributed by atoms with Gasteiger partial charge in [-0.2, -0.15) is 5.10 Å². The number of thioether (sulfide) groups is 1. The summed E-state index contributed by atoms with van der Waals surface area (Å²) in [6.07, 6.45) is 1.66. The van der Waals surface area contributed by atoms with E-state index >= 15 is 0 Å². The summed E-state index contributed by atoms with van der Waals surface area (Å²) in [6.45, 7) is 5.85. The van der Waals surface area contributed by atoms with Crippen LogP contribution in [0.3, 0.4) is 0 Å². The summed E-state index contributed by atoms with van der Waals surface area (Å²) in [5.74, 6) is 0.652. The lowest BCUT2D eigenvalue weighted by Crippen LogP contribution is -2.27. The van der Waals surface area contributed by atoms with E-state index in [1.54, 1.807) is 24.0 Å². The Morgan fingerprint density at radius 2 is 1.90 bits per heavy atom. The maximum absolute atomic E-state index is 12.3. The smallest absolute Gasteiger partial charge is 0.252 e. The zero-order chi connectivity index (χ0) is 21.7. The molecule has 0 aliphatic carbocycles. The number of hydrogen-bond donors (Lipinski definition) is 1. The third-order valence-electron chi connectivity index (χ3n) is 4.73. The molecular weight excluding hydrogens is 437 g/mol. The molecule has 0 unspecified atom stereocenters. The number of carbonyl (C=O) groups is 1. The van der Waals surface area contributed by atoms with Crippen molar-refractivity contribution in [2.24, 2.45) is 5.10 Å². The number of hydrogen-bond acceptors (Lipinski definition) is 3. The molecule has 4 nitrogen and oxygen atoms in total. The van der Waals surface area contributed by atoms with Gasteiger partial charge in [-0.25, -0.2) is 5.43 Å². The summed E-state index contributed by atoms with van der Waals surface area (Å²) in [7, 11) is 0. The molecule has 0 aliphatic rings. The molecule has 1 heterocycles. The largest absolute Gasteiger partial charge is 0.316 e. The predicted octanol–water partition coefficient (Wildman–Crippen LogP) is 6.17. The predicted molar refractivity (Wildman–Crippen MR) is 128 cm³/mol. The minimum Gasteiger partial charge on any atom is -0.316 e. The quantitative estimate of drug-likeness (QED) is 0.338. The number of carbonyl (C=O) groups excluding carboxylic acids is 1. The zero-order valence-corrected chi connectivity index (χ0v) is 19.4. The third kappa shape index (κ3) is 5.28. The van der Waals surface area contributed by atoms with Gasteiger partial charge in [-0.15, -0.1) is 11.8 Å². The first-order valence-electron chi connectivity index (χ1n) is 9.50. The fraction of sp³-hybridized carbons (Fsp3) is 0.217. The van der Waals surface area contributed by atoms with Crippen molar-refractivity contribution in [3.05, 3.63) is 87.2 Å². The lowest BCUT2D eigenvalue weighted by Gasteiger charge is -2.12. The molecular formula is C23H23Cl2N3OS. The highest BCUT2D eigenvalue weighted by atomic mass is 35.5. The van der Waals surface area contributed by atoms with Crippen molar-refractivity contribution in [1.82, 2.24) is 9.99 Å². The van der Waals surface area contributed by atoms with Gasteiger partial charge in [0.25, 0.3) is 5.91 Å². The molecule has 1 aromatic heterocycles. The average Bonchev–Trinajstić information content (AvgIpc) is 3.02. The molecule has 0 fully saturated rings. The monoisotopic (exact) mass is 459 g/mol. The second-order valence-corrected chi connectivity index (χ2v) is 9.02. The van der Waals surface area contributed by atoms with Gasteiger partial charge < -0.3 is 4.57 Å². The van der Waals surface area contributed by atoms with Crippen molar-refractivity contribution >= 4 is 47.1 Å². The second-order valence-electron chi connectivity index (χ2n) is 6.91. The van der Waals surface area contributed by atoms with Crippen LogP contribution >= 0.6 is 35.0 Å². The summed E-state index contributed by atoms with van der Waals surface area (Å²) in [6, 6.07) is 17.6. The van der Waals surface area contributed by atoms with E-state index in [1.165, 1.54) is 5.56 Å². The number of amides is 1. The molecule has 0 saturated heterocycles. The Kier molecular flexibility index (Phi) is 7.64. The number of aryl methyl sites for hydroxylation is 1. The molecule has 156 valence electrons. The van der Waals surface area contributed by atoms with Crippen molar-refractivity contribution in [1.29, 1.82) is 0 Å². The third-order valence-corrected chi connectivity index (χ3v) is 6.76. The van der Waals surface area contributed by atoms with Crippen LogP contribution in [-0.4, -0.2) is 21.9 Å². The Bertz CT molecular complexity index is 1060. The Balaban J connectivity index is 1.65. The molecule has 30 heavy (non-hydrogen) atoms. The number of nitrogens with one attached hydrogen (secondary N) is 1. The van der Waals surface area contributed by atoms with Crippen molar-refractivity contribution in [3.8, 4) is 5.69 Å². The van der Waals surface area contributed by atoms with Crippen molar-refractivity contribution < 1.29 is 4.79 Å². The van der Waals surface area contributed by atoms with Gasteiger partial charge in [0.1, 0.15) is 0 Å². The highest BCUT2D eigenvalue weighted by molar-refractivity contribution is 7.99. The Morgan fingerprint density at radius 3 is 2.63 bits per heavy atom. The molecule has 3 aromatic rings. The first-order valence-corrected chi connectivity index (χ1v) is 11.3. The molecule has 2 aromatic carbocycles. The minimum absolute atomic E-state index is 0.126. The van der Waals surface area contributed by atoms with E-state index in [9.17, 15) is 4.79 Å². The molecule has 0 saturated carbocycles. The van der Waals surface area contributed by atoms with Gasteiger partial charge in [0, 0.05) is 22.7 Å². The Hall–Kier alpha value is -2.21. The second kappa shape index (κ2) is 10.2. The Morgan fingerprint density at radius 1 is 1.17 bits per heavy atom. The van der Waals surface area contributed by atoms with Gasteiger partial charge in [-0.05, 0) is 44.5 Å². The lowest BCUT2D eigenvalue weighted by molar-refractivity contribution is -0.120. The Labute approximate surface area is 191 Å². The summed E-state index contributed by atoms with van der Waals surface area (Å²) in [5.41, 5.74) is 7.50. The van der Waals surface area contributed by atoms with E-state index in [-0.39, 0.29) is 11.2 Å². The van der Waals surface area contributed by atoms with E-state index < -0.39 is 0 Å². The van der Waals surface area contributed by atoms with Gasteiger partial charge in [-0.3, -0.25) is 4.79 Å². The van der Waals surface area contributed by atoms with Crippen molar-refractivity contribution in [2.45, 2.75) is 31.8 Å². The van der Waals surface area contributed by atoms with Crippen LogP contribution in [0.5, 0.6) is 0 Å². The van der Waals surface area contributed by atoms with Crippen LogP contribution < -0.4 is 5.43 Å². The average molecular weight is 460 g/mol. The van der Waals surface area contributed by atoms with Gasteiger partial charge in [0.05, 0.1) is 27.2 Å². The van der Waals surface area contributed by atoms with E-state index in [2.05, 4.69) is 22.7 Å². The summed E-state index contributed by atoms with van der Waals surface area (Å²) in [5, 5.41) is 4.96. The van der Waals surface area contributed by atoms with Crippen LogP contribution in [0.4, 0.5) is 0 Å². The maximum Gasteiger partial charge on any atom is 0.252 e. The van der Waals surface area contributed by atoms with Crippen LogP contribution in [0, 0.1) is 13.8 Å². The number of hydrazone groups is 1. The van der Waals surface area contributed by atoms with Crippen molar-refractivity contribution in [3.63, 3.8) is 0 Å². The first kappa shape index (κ1) is 22.5. The van der Waals surface area contributed by atoms with E-state index in [0.717, 1.165) is 28.4 Å². The standard InChI is InChI=1S/C23H23Cl2N3OS/c1-15-12-19(16(2)28(15)21-11-7-10-20(24)22(21)25)13-26-27-23(29)17(3)30-14-18-8-5-4-6-9-18/h4-13,17H,14H2,1-3H3,(H,27,29)/b26-13-/t17-/m1/s1. The summed E-state index contributed by atoms with van der Waals surface area (Å²) >= 11 is 14.1. The maximum atomic E-state index is 12.3. The molecule has 3 rings (SSSR count). The van der Waals surface area contributed by atoms with Gasteiger partial charge in [0.2, 0.25) is 0 Å². The molecule has 0 spiro atoms. The number of nitrogens with zero attached hydrogens (tertiary/aromatic N) is 2. The van der Waals surface area contributed by atoms with Crippen LogP contribution in [0.1, 0.15) is 29.4 Å². The topological polar surface area (TPSA) is 46.4 Å². The van der Waals surface area contributed by atoms with Crippen LogP contribution in [0.15, 0.2) is 59.7 Å². The van der Waals surface area contributed by atoms with Gasteiger partial charge >= 0.3 is 0 Å². The normalized spacial score (nSPS) is 12.3. The zero-order valence-electron chi connectivity index (χ0n) is 17.0. The SMILES string of the molecule is Cc1cc(/C=N\NC(=O)[C@@H](C)SCc2ccccc2)c(C)n1-c1cccc(Cl)c1Cl. The molecule has 7 heteroatoms. The molecule has 0 radical (unpaired) electrons. The number of benzene rings is 2. The van der Waals surface area contributed by atoms with Crippen molar-refractivity contribution in [2.75, 3.05) is 0 Å². The lowest BCUT2D eigenvalue weighted by atomic mass is 10.2. The van der Waals surface area contributed by atoms with E-state index in [4.69, 9.17) is 23.2 Å². The summed E-state index contributed by atoms with van der Waals surface area (Å²) < 4.78 is 2.02. The van der Waals surface area contributed by atoms with Gasteiger partial charge in [0.15, 0.2) is 0 Å². The van der Waals surface area contributed by atoms with Crippen LogP contribution in [-0.2, 0) is 10.5 Å². The summed E-state index contributed by atoms with van der Waals surface area (Å²) in [4.78, 5) is 12.3. The molecule has 1 N–H and O–H groups in total. The fourth-order valence-electron chi connectivity index (χ4n) is 3.08. The highest BCUT2D eigenvalue weighted by Gasteiger charge is 2.15. The molecule has 0 aliphatic heterocycles. The minimum atomic E-state index is -0.208. The number of halogens is 2. The van der Waals surface area contributed by atoms with E-state index in [1.807, 2.05) is 61.7 Å². The van der Waals surface area contributed by atoms with E-state index in [0.29, 0.717) is 10.0 Å².